The predicted octanol–water partition coefficient (Wildman–Crippen LogP) is 2.04. The number of nitrogens with one attached hydrogen (secondary N) is 1. The molecule has 0 aliphatic heterocycles. The number of nitrogens with zero attached hydrogens (tertiary/aromatic N) is 1. The van der Waals surface area contributed by atoms with Crippen LogP contribution in [0.2, 0.25) is 0 Å². The van der Waals surface area contributed by atoms with Crippen LogP contribution in [0.5, 0.6) is 0 Å². The number of aryl methyl sites for hydroxylation is 2. The minimum atomic E-state index is -3.92. The molecule has 2 aromatic rings. The SMILES string of the molecule is CCc1ccc(C(=O)O)cc1S(=O)(=O)Nc1cnoc1C. The fourth-order valence-corrected chi connectivity index (χ4v) is 3.26. The highest BCUT2D eigenvalue weighted by Crippen LogP contribution is 2.23. The number of aromatic carboxylic acids is 1. The van der Waals surface area contributed by atoms with Gasteiger partial charge in [-0.2, -0.15) is 0 Å². The molecule has 0 aliphatic rings. The zero-order chi connectivity index (χ0) is 15.6. The summed E-state index contributed by atoms with van der Waals surface area (Å²) in [6.07, 6.45) is 1.71. The second-order valence-electron chi connectivity index (χ2n) is 4.38. The molecule has 1 heterocycles. The van der Waals surface area contributed by atoms with Gasteiger partial charge in [-0.15, -0.1) is 0 Å². The highest BCUT2D eigenvalue weighted by molar-refractivity contribution is 7.92. The van der Waals surface area contributed by atoms with Gasteiger partial charge in [0.25, 0.3) is 10.0 Å². The van der Waals surface area contributed by atoms with E-state index in [0.717, 1.165) is 6.07 Å². The number of hydrogen-bond acceptors (Lipinski definition) is 5. The molecule has 2 N–H and O–H groups in total. The smallest absolute Gasteiger partial charge is 0.335 e. The maximum absolute atomic E-state index is 12.4. The zero-order valence-corrected chi connectivity index (χ0v) is 12.3. The number of hydrogen-bond donors (Lipinski definition) is 2. The molecule has 1 aromatic carbocycles. The lowest BCUT2D eigenvalue weighted by molar-refractivity contribution is 0.0696. The highest BCUT2D eigenvalue weighted by atomic mass is 32.2. The summed E-state index contributed by atoms with van der Waals surface area (Å²) in [7, 11) is -3.92. The molecule has 2 rings (SSSR count). The monoisotopic (exact) mass is 310 g/mol. The largest absolute Gasteiger partial charge is 0.478 e. The second-order valence-corrected chi connectivity index (χ2v) is 6.03. The van der Waals surface area contributed by atoms with Gasteiger partial charge in [0.05, 0.1) is 16.7 Å². The zero-order valence-electron chi connectivity index (χ0n) is 11.5. The number of sulfonamides is 1. The van der Waals surface area contributed by atoms with Crippen molar-refractivity contribution in [3.8, 4) is 0 Å². The maximum Gasteiger partial charge on any atom is 0.335 e. The number of benzene rings is 1. The molecule has 0 atom stereocenters. The van der Waals surface area contributed by atoms with E-state index in [1.54, 1.807) is 13.8 Å². The lowest BCUT2D eigenvalue weighted by Crippen LogP contribution is -2.16. The van der Waals surface area contributed by atoms with Gasteiger partial charge in [-0.1, -0.05) is 18.1 Å². The molecule has 8 heteroatoms. The summed E-state index contributed by atoms with van der Waals surface area (Å²) in [6.45, 7) is 3.36. The van der Waals surface area contributed by atoms with Gasteiger partial charge in [-0.05, 0) is 31.0 Å². The second kappa shape index (κ2) is 5.57. The summed E-state index contributed by atoms with van der Waals surface area (Å²) < 4.78 is 32.0. The first kappa shape index (κ1) is 15.0. The molecule has 0 spiro atoms. The molecule has 0 amide bonds. The van der Waals surface area contributed by atoms with Crippen molar-refractivity contribution in [2.24, 2.45) is 0 Å². The first-order valence-electron chi connectivity index (χ1n) is 6.15. The lowest BCUT2D eigenvalue weighted by Gasteiger charge is -2.11. The van der Waals surface area contributed by atoms with E-state index in [2.05, 4.69) is 9.88 Å². The fraction of sp³-hybridized carbons (Fsp3) is 0.231. The molecular formula is C13H14N2O5S. The van der Waals surface area contributed by atoms with Crippen molar-refractivity contribution in [1.29, 1.82) is 0 Å². The number of carboxylic acid groups (broad SMARTS) is 1. The summed E-state index contributed by atoms with van der Waals surface area (Å²) in [5.41, 5.74) is 0.661. The average Bonchev–Trinajstić information content (AvgIpc) is 2.82. The Labute approximate surface area is 121 Å². The Bertz CT molecular complexity index is 780. The van der Waals surface area contributed by atoms with Gasteiger partial charge in [0.15, 0.2) is 5.76 Å². The predicted molar refractivity (Wildman–Crippen MR) is 74.8 cm³/mol. The third-order valence-electron chi connectivity index (χ3n) is 2.98. The van der Waals surface area contributed by atoms with Crippen LogP contribution in [0.1, 0.15) is 28.6 Å². The molecule has 0 aliphatic carbocycles. The Hall–Kier alpha value is -2.35. The van der Waals surface area contributed by atoms with E-state index in [1.807, 2.05) is 0 Å². The van der Waals surface area contributed by atoms with Crippen molar-refractivity contribution < 1.29 is 22.8 Å². The van der Waals surface area contributed by atoms with Crippen LogP contribution < -0.4 is 4.72 Å². The molecule has 112 valence electrons. The van der Waals surface area contributed by atoms with E-state index >= 15 is 0 Å². The third-order valence-corrected chi connectivity index (χ3v) is 4.43. The van der Waals surface area contributed by atoms with Crippen LogP contribution in [0.25, 0.3) is 0 Å². The van der Waals surface area contributed by atoms with Gasteiger partial charge in [-0.25, -0.2) is 13.2 Å². The summed E-state index contributed by atoms with van der Waals surface area (Å²) >= 11 is 0. The first-order valence-corrected chi connectivity index (χ1v) is 7.63. The number of carbonyl (C=O) groups is 1. The summed E-state index contributed by atoms with van der Waals surface area (Å²) in [4.78, 5) is 10.9. The Morgan fingerprint density at radius 2 is 2.14 bits per heavy atom. The van der Waals surface area contributed by atoms with E-state index in [1.165, 1.54) is 18.3 Å². The van der Waals surface area contributed by atoms with E-state index < -0.39 is 16.0 Å². The fourth-order valence-electron chi connectivity index (χ4n) is 1.83. The summed E-state index contributed by atoms with van der Waals surface area (Å²) in [6, 6.07) is 4.02. The van der Waals surface area contributed by atoms with Gasteiger partial charge in [-0.3, -0.25) is 4.72 Å². The van der Waals surface area contributed by atoms with Gasteiger partial charge >= 0.3 is 5.97 Å². The van der Waals surface area contributed by atoms with Crippen LogP contribution in [0.15, 0.2) is 33.8 Å². The minimum absolute atomic E-state index is 0.0644. The molecule has 7 nitrogen and oxygen atoms in total. The van der Waals surface area contributed by atoms with Crippen LogP contribution >= 0.6 is 0 Å². The Morgan fingerprint density at radius 3 is 2.67 bits per heavy atom. The Morgan fingerprint density at radius 1 is 1.43 bits per heavy atom. The van der Waals surface area contributed by atoms with Crippen molar-refractivity contribution in [3.05, 3.63) is 41.3 Å². The first-order chi connectivity index (χ1) is 9.85. The molecule has 0 unspecified atom stereocenters. The number of carboxylic acids is 1. The van der Waals surface area contributed by atoms with E-state index in [0.29, 0.717) is 17.7 Å². The molecule has 0 saturated heterocycles. The Kier molecular flexibility index (Phi) is 3.99. The van der Waals surface area contributed by atoms with E-state index in [-0.39, 0.29) is 16.1 Å². The Balaban J connectivity index is 2.50. The van der Waals surface area contributed by atoms with Crippen LogP contribution in [0, 0.1) is 6.92 Å². The molecule has 0 fully saturated rings. The average molecular weight is 310 g/mol. The van der Waals surface area contributed by atoms with Gasteiger partial charge < -0.3 is 9.63 Å². The molecule has 0 saturated carbocycles. The normalized spacial score (nSPS) is 11.3. The van der Waals surface area contributed by atoms with Crippen molar-refractivity contribution in [3.63, 3.8) is 0 Å². The molecule has 0 bridgehead atoms. The number of anilines is 1. The summed E-state index contributed by atoms with van der Waals surface area (Å²) in [5, 5.41) is 12.5. The minimum Gasteiger partial charge on any atom is -0.478 e. The van der Waals surface area contributed by atoms with Crippen LogP contribution in [-0.2, 0) is 16.4 Å². The van der Waals surface area contributed by atoms with Gasteiger partial charge in [0, 0.05) is 0 Å². The molecule has 1 aromatic heterocycles. The van der Waals surface area contributed by atoms with Crippen LogP contribution in [-0.4, -0.2) is 24.7 Å². The highest BCUT2D eigenvalue weighted by Gasteiger charge is 2.21. The molecule has 21 heavy (non-hydrogen) atoms. The maximum atomic E-state index is 12.4. The van der Waals surface area contributed by atoms with Gasteiger partial charge in [0.1, 0.15) is 5.69 Å². The van der Waals surface area contributed by atoms with Crippen molar-refractivity contribution in [1.82, 2.24) is 5.16 Å². The summed E-state index contributed by atoms with van der Waals surface area (Å²) in [5.74, 6) is -0.860. The van der Waals surface area contributed by atoms with Crippen molar-refractivity contribution >= 4 is 21.7 Å². The standard InChI is InChI=1S/C13H14N2O5S/c1-3-9-4-5-10(13(16)17)6-12(9)21(18,19)15-11-7-14-20-8(11)2/h4-7,15H,3H2,1-2H3,(H,16,17). The van der Waals surface area contributed by atoms with Crippen LogP contribution in [0.3, 0.4) is 0 Å². The quantitative estimate of drug-likeness (QED) is 0.874. The number of rotatable bonds is 5. The lowest BCUT2D eigenvalue weighted by atomic mass is 10.1. The topological polar surface area (TPSA) is 110 Å². The van der Waals surface area contributed by atoms with E-state index in [4.69, 9.17) is 9.63 Å². The number of aromatic nitrogens is 1. The van der Waals surface area contributed by atoms with Gasteiger partial charge in [0.2, 0.25) is 0 Å². The third kappa shape index (κ3) is 3.05. The van der Waals surface area contributed by atoms with Crippen molar-refractivity contribution in [2.75, 3.05) is 4.72 Å². The molecular weight excluding hydrogens is 296 g/mol. The van der Waals surface area contributed by atoms with E-state index in [9.17, 15) is 13.2 Å². The van der Waals surface area contributed by atoms with Crippen molar-refractivity contribution in [2.45, 2.75) is 25.2 Å². The van der Waals surface area contributed by atoms with Crippen LogP contribution in [0.4, 0.5) is 5.69 Å². The molecule has 0 radical (unpaired) electrons.